The van der Waals surface area contributed by atoms with Crippen LogP contribution in [-0.4, -0.2) is 23.4 Å². The van der Waals surface area contributed by atoms with Crippen molar-refractivity contribution in [2.75, 3.05) is 11.5 Å². The predicted molar refractivity (Wildman–Crippen MR) is 139 cm³/mol. The minimum atomic E-state index is -0.749. The van der Waals surface area contributed by atoms with Crippen LogP contribution in [0, 0.1) is 5.92 Å². The van der Waals surface area contributed by atoms with Gasteiger partial charge in [0, 0.05) is 11.3 Å². The molecule has 1 aliphatic heterocycles. The second-order valence-electron chi connectivity index (χ2n) is 9.56. The number of carbonyl (C=O) groups excluding carboxylic acids is 2. The smallest absolute Gasteiger partial charge is 0.300 e. The van der Waals surface area contributed by atoms with Crippen molar-refractivity contribution >= 4 is 23.1 Å². The first-order valence-corrected chi connectivity index (χ1v) is 12.0. The van der Waals surface area contributed by atoms with E-state index >= 15 is 0 Å². The van der Waals surface area contributed by atoms with E-state index in [0.717, 1.165) is 11.1 Å². The number of amides is 1. The Balaban J connectivity index is 1.83. The molecule has 1 N–H and O–H groups in total. The number of rotatable bonds is 7. The SMILES string of the molecule is CC(C)COc1cccc(/C(O)=C2/C(=O)C(=O)N(c3ccc(C(C)C)cc3)C2c2ccccc2)c1. The van der Waals surface area contributed by atoms with Gasteiger partial charge in [-0.1, -0.05) is 82.3 Å². The topological polar surface area (TPSA) is 66.8 Å². The molecule has 0 spiro atoms. The molecule has 5 nitrogen and oxygen atoms in total. The normalized spacial score (nSPS) is 17.4. The fourth-order valence-electron chi connectivity index (χ4n) is 4.22. The summed E-state index contributed by atoms with van der Waals surface area (Å²) in [6.07, 6.45) is 0. The number of hydrogen-bond donors (Lipinski definition) is 1. The average Bonchev–Trinajstić information content (AvgIpc) is 3.13. The molecule has 180 valence electrons. The second kappa shape index (κ2) is 10.2. The van der Waals surface area contributed by atoms with Gasteiger partial charge >= 0.3 is 0 Å². The minimum absolute atomic E-state index is 0.0649. The molecule has 3 aromatic rings. The molecule has 0 aliphatic carbocycles. The number of anilines is 1. The molecule has 0 radical (unpaired) electrons. The van der Waals surface area contributed by atoms with Crippen LogP contribution in [-0.2, 0) is 9.59 Å². The first kappa shape index (κ1) is 24.3. The zero-order valence-corrected chi connectivity index (χ0v) is 20.6. The lowest BCUT2D eigenvalue weighted by molar-refractivity contribution is -0.132. The molecule has 1 atom stereocenters. The van der Waals surface area contributed by atoms with Crippen LogP contribution in [0.15, 0.2) is 84.4 Å². The molecule has 0 saturated carbocycles. The zero-order chi connectivity index (χ0) is 25.1. The van der Waals surface area contributed by atoms with Crippen molar-refractivity contribution < 1.29 is 19.4 Å². The molecular formula is C30H31NO4. The van der Waals surface area contributed by atoms with E-state index < -0.39 is 17.7 Å². The molecule has 1 amide bonds. The molecule has 0 aromatic heterocycles. The van der Waals surface area contributed by atoms with Gasteiger partial charge in [0.05, 0.1) is 18.2 Å². The maximum absolute atomic E-state index is 13.3. The quantitative estimate of drug-likeness (QED) is 0.245. The van der Waals surface area contributed by atoms with Crippen LogP contribution in [0.3, 0.4) is 0 Å². The zero-order valence-electron chi connectivity index (χ0n) is 20.6. The summed E-state index contributed by atoms with van der Waals surface area (Å²) in [5.74, 6) is -0.305. The van der Waals surface area contributed by atoms with Crippen LogP contribution in [0.5, 0.6) is 5.75 Å². The highest BCUT2D eigenvalue weighted by atomic mass is 16.5. The van der Waals surface area contributed by atoms with Crippen LogP contribution in [0.25, 0.3) is 5.76 Å². The Morgan fingerprint density at radius 2 is 1.60 bits per heavy atom. The number of benzene rings is 3. The highest BCUT2D eigenvalue weighted by molar-refractivity contribution is 6.51. The minimum Gasteiger partial charge on any atom is -0.507 e. The summed E-state index contributed by atoms with van der Waals surface area (Å²) in [7, 11) is 0. The number of hydrogen-bond acceptors (Lipinski definition) is 4. The van der Waals surface area contributed by atoms with Crippen molar-refractivity contribution in [3.05, 3.63) is 101 Å². The molecule has 1 unspecified atom stereocenters. The van der Waals surface area contributed by atoms with Gasteiger partial charge in [-0.2, -0.15) is 0 Å². The third kappa shape index (κ3) is 4.99. The Bertz CT molecular complexity index is 1240. The Labute approximate surface area is 206 Å². The number of ketones is 1. The summed E-state index contributed by atoms with van der Waals surface area (Å²) in [5, 5.41) is 11.3. The third-order valence-electron chi connectivity index (χ3n) is 6.09. The van der Waals surface area contributed by atoms with Crippen LogP contribution in [0.1, 0.15) is 56.3 Å². The van der Waals surface area contributed by atoms with E-state index in [-0.39, 0.29) is 11.3 Å². The fraction of sp³-hybridized carbons (Fsp3) is 0.267. The fourth-order valence-corrected chi connectivity index (χ4v) is 4.22. The van der Waals surface area contributed by atoms with E-state index in [1.165, 1.54) is 4.90 Å². The summed E-state index contributed by atoms with van der Waals surface area (Å²) in [5.41, 5.74) is 2.99. The van der Waals surface area contributed by atoms with E-state index in [0.29, 0.717) is 35.4 Å². The molecule has 4 rings (SSSR count). The van der Waals surface area contributed by atoms with Gasteiger partial charge in [0.25, 0.3) is 11.7 Å². The molecule has 3 aromatic carbocycles. The first-order chi connectivity index (χ1) is 16.8. The molecular weight excluding hydrogens is 438 g/mol. The van der Waals surface area contributed by atoms with Crippen LogP contribution in [0.4, 0.5) is 5.69 Å². The molecule has 1 aliphatic rings. The molecule has 1 saturated heterocycles. The van der Waals surface area contributed by atoms with E-state index in [1.807, 2.05) is 60.7 Å². The number of carbonyl (C=O) groups is 2. The number of Topliss-reactive ketones (excluding diaryl/α,β-unsaturated/α-hetero) is 1. The second-order valence-corrected chi connectivity index (χ2v) is 9.56. The standard InChI is InChI=1S/C30H31NO4/c1-19(2)18-35-25-12-8-11-23(17-25)28(32)26-27(22-9-6-5-7-10-22)31(30(34)29(26)33)24-15-13-21(14-16-24)20(3)4/h5-17,19-20,27,32H,18H2,1-4H3/b28-26-. The van der Waals surface area contributed by atoms with Gasteiger partial charge in [0.2, 0.25) is 0 Å². The average molecular weight is 470 g/mol. The first-order valence-electron chi connectivity index (χ1n) is 12.0. The van der Waals surface area contributed by atoms with Crippen molar-refractivity contribution in [2.45, 2.75) is 39.7 Å². The highest BCUT2D eigenvalue weighted by Crippen LogP contribution is 2.42. The molecule has 1 fully saturated rings. The summed E-state index contributed by atoms with van der Waals surface area (Å²) in [6.45, 7) is 8.84. The largest absolute Gasteiger partial charge is 0.507 e. The lowest BCUT2D eigenvalue weighted by atomic mass is 9.95. The van der Waals surface area contributed by atoms with Crippen LogP contribution < -0.4 is 9.64 Å². The van der Waals surface area contributed by atoms with Gasteiger partial charge in [0.1, 0.15) is 11.5 Å². The van der Waals surface area contributed by atoms with Gasteiger partial charge in [0.15, 0.2) is 0 Å². The maximum atomic E-state index is 13.3. The molecule has 1 heterocycles. The lowest BCUT2D eigenvalue weighted by Crippen LogP contribution is -2.29. The summed E-state index contributed by atoms with van der Waals surface area (Å²) < 4.78 is 5.81. The number of aliphatic hydroxyl groups excluding tert-OH is 1. The Hall–Kier alpha value is -3.86. The van der Waals surface area contributed by atoms with Gasteiger partial charge in [-0.3, -0.25) is 14.5 Å². The van der Waals surface area contributed by atoms with Gasteiger partial charge in [-0.05, 0) is 47.2 Å². The van der Waals surface area contributed by atoms with Crippen LogP contribution >= 0.6 is 0 Å². The number of nitrogens with zero attached hydrogens (tertiary/aromatic N) is 1. The number of aliphatic hydroxyl groups is 1. The van der Waals surface area contributed by atoms with E-state index in [2.05, 4.69) is 27.7 Å². The van der Waals surface area contributed by atoms with Gasteiger partial charge in [-0.25, -0.2) is 0 Å². The van der Waals surface area contributed by atoms with E-state index in [9.17, 15) is 14.7 Å². The predicted octanol–water partition coefficient (Wildman–Crippen LogP) is 6.47. The van der Waals surface area contributed by atoms with Crippen molar-refractivity contribution in [3.63, 3.8) is 0 Å². The molecule has 0 bridgehead atoms. The van der Waals surface area contributed by atoms with Crippen LogP contribution in [0.2, 0.25) is 0 Å². The summed E-state index contributed by atoms with van der Waals surface area (Å²) in [6, 6.07) is 23.2. The molecule has 5 heteroatoms. The van der Waals surface area contributed by atoms with Crippen molar-refractivity contribution in [1.29, 1.82) is 0 Å². The maximum Gasteiger partial charge on any atom is 0.300 e. The van der Waals surface area contributed by atoms with Crippen molar-refractivity contribution in [1.82, 2.24) is 0 Å². The highest BCUT2D eigenvalue weighted by Gasteiger charge is 2.46. The Morgan fingerprint density at radius 3 is 2.23 bits per heavy atom. The monoisotopic (exact) mass is 469 g/mol. The third-order valence-corrected chi connectivity index (χ3v) is 6.09. The molecule has 35 heavy (non-hydrogen) atoms. The van der Waals surface area contributed by atoms with Gasteiger partial charge < -0.3 is 9.84 Å². The summed E-state index contributed by atoms with van der Waals surface area (Å²) >= 11 is 0. The Morgan fingerprint density at radius 1 is 0.914 bits per heavy atom. The number of ether oxygens (including phenoxy) is 1. The summed E-state index contributed by atoms with van der Waals surface area (Å²) in [4.78, 5) is 28.1. The van der Waals surface area contributed by atoms with Gasteiger partial charge in [-0.15, -0.1) is 0 Å². The lowest BCUT2D eigenvalue weighted by Gasteiger charge is -2.26. The van der Waals surface area contributed by atoms with Crippen molar-refractivity contribution in [3.8, 4) is 5.75 Å². The Kier molecular flexibility index (Phi) is 7.06. The van der Waals surface area contributed by atoms with Crippen molar-refractivity contribution in [2.24, 2.45) is 5.92 Å². The van der Waals surface area contributed by atoms with E-state index in [1.54, 1.807) is 18.2 Å². The van der Waals surface area contributed by atoms with E-state index in [4.69, 9.17) is 4.74 Å².